The van der Waals surface area contributed by atoms with Gasteiger partial charge in [-0.3, -0.25) is 0 Å². The largest absolute Gasteiger partial charge is 0.497 e. The fourth-order valence-corrected chi connectivity index (χ4v) is 2.06. The van der Waals surface area contributed by atoms with E-state index in [9.17, 15) is 0 Å². The molecule has 0 spiro atoms. The minimum Gasteiger partial charge on any atom is -0.497 e. The minimum atomic E-state index is 0.546. The number of nitrogens with zero attached hydrogens (tertiary/aromatic N) is 4. The fourth-order valence-electron chi connectivity index (χ4n) is 2.06. The van der Waals surface area contributed by atoms with E-state index in [-0.39, 0.29) is 0 Å². The highest BCUT2D eigenvalue weighted by molar-refractivity contribution is 5.66. The third-order valence-corrected chi connectivity index (χ3v) is 3.05. The molecule has 0 atom stereocenters. The summed E-state index contributed by atoms with van der Waals surface area (Å²) in [4.78, 5) is 8.41. The molecule has 2 heterocycles. The van der Waals surface area contributed by atoms with Crippen molar-refractivity contribution in [2.75, 3.05) is 19.5 Å². The quantitative estimate of drug-likeness (QED) is 0.792. The molecule has 7 heteroatoms. The summed E-state index contributed by atoms with van der Waals surface area (Å²) in [5.74, 6) is 2.72. The maximum Gasteiger partial charge on any atom is 0.254 e. The lowest BCUT2D eigenvalue weighted by molar-refractivity contribution is 0.395. The monoisotopic (exact) mass is 285 g/mol. The van der Waals surface area contributed by atoms with E-state index in [1.165, 1.54) is 6.33 Å². The van der Waals surface area contributed by atoms with Gasteiger partial charge in [0.15, 0.2) is 0 Å². The van der Waals surface area contributed by atoms with Crippen LogP contribution in [0.1, 0.15) is 5.69 Å². The molecule has 0 aliphatic heterocycles. The number of fused-ring (bicyclic) bond motifs is 1. The van der Waals surface area contributed by atoms with Crippen LogP contribution in [0.3, 0.4) is 0 Å². The van der Waals surface area contributed by atoms with Crippen molar-refractivity contribution in [2.24, 2.45) is 0 Å². The maximum atomic E-state index is 5.38. The van der Waals surface area contributed by atoms with Crippen LogP contribution in [0.25, 0.3) is 5.78 Å². The zero-order valence-corrected chi connectivity index (χ0v) is 12.0. The highest BCUT2D eigenvalue weighted by Gasteiger charge is 2.09. The molecule has 108 valence electrons. The summed E-state index contributed by atoms with van der Waals surface area (Å²) in [7, 11) is 3.23. The fraction of sp³-hybridized carbons (Fsp3) is 0.214. The van der Waals surface area contributed by atoms with Gasteiger partial charge in [-0.2, -0.15) is 14.6 Å². The number of aryl methyl sites for hydroxylation is 1. The first-order chi connectivity index (χ1) is 10.2. The number of rotatable bonds is 4. The SMILES string of the molecule is COc1ccc(Nc2cc(C)nc3ncnn23)c(OC)c1. The maximum absolute atomic E-state index is 5.38. The summed E-state index contributed by atoms with van der Waals surface area (Å²) < 4.78 is 12.2. The molecule has 0 aliphatic rings. The Bertz CT molecular complexity index is 784. The van der Waals surface area contributed by atoms with Crippen LogP contribution >= 0.6 is 0 Å². The molecule has 21 heavy (non-hydrogen) atoms. The summed E-state index contributed by atoms with van der Waals surface area (Å²) in [5, 5.41) is 7.44. The first-order valence-electron chi connectivity index (χ1n) is 6.37. The van der Waals surface area contributed by atoms with E-state index in [4.69, 9.17) is 9.47 Å². The molecule has 0 unspecified atom stereocenters. The summed E-state index contributed by atoms with van der Waals surface area (Å²) in [6.45, 7) is 1.91. The number of anilines is 2. The molecule has 1 N–H and O–H groups in total. The van der Waals surface area contributed by atoms with Crippen LogP contribution < -0.4 is 14.8 Å². The smallest absolute Gasteiger partial charge is 0.254 e. The Labute approximate surface area is 121 Å². The lowest BCUT2D eigenvalue weighted by atomic mass is 10.2. The van der Waals surface area contributed by atoms with Crippen LogP contribution in [0, 0.1) is 6.92 Å². The van der Waals surface area contributed by atoms with E-state index in [1.807, 2.05) is 31.2 Å². The average molecular weight is 285 g/mol. The number of nitrogens with one attached hydrogen (secondary N) is 1. The Morgan fingerprint density at radius 3 is 2.76 bits per heavy atom. The second-order valence-corrected chi connectivity index (χ2v) is 4.45. The van der Waals surface area contributed by atoms with Crippen LogP contribution in [-0.4, -0.2) is 33.8 Å². The van der Waals surface area contributed by atoms with Crippen molar-refractivity contribution in [2.45, 2.75) is 6.92 Å². The van der Waals surface area contributed by atoms with Gasteiger partial charge in [-0.05, 0) is 19.1 Å². The van der Waals surface area contributed by atoms with Crippen LogP contribution in [0.15, 0.2) is 30.6 Å². The molecule has 0 saturated heterocycles. The van der Waals surface area contributed by atoms with Crippen molar-refractivity contribution in [1.82, 2.24) is 19.6 Å². The molecule has 0 fully saturated rings. The summed E-state index contributed by atoms with van der Waals surface area (Å²) in [6.07, 6.45) is 1.47. The first-order valence-corrected chi connectivity index (χ1v) is 6.37. The lowest BCUT2D eigenvalue weighted by Gasteiger charge is -2.13. The molecular formula is C14H15N5O2. The second kappa shape index (κ2) is 5.28. The number of aromatic nitrogens is 4. The van der Waals surface area contributed by atoms with E-state index >= 15 is 0 Å². The van der Waals surface area contributed by atoms with E-state index in [0.29, 0.717) is 11.5 Å². The zero-order chi connectivity index (χ0) is 14.8. The van der Waals surface area contributed by atoms with Crippen LogP contribution in [0.5, 0.6) is 11.5 Å². The molecule has 0 saturated carbocycles. The van der Waals surface area contributed by atoms with Gasteiger partial charge >= 0.3 is 0 Å². The van der Waals surface area contributed by atoms with Gasteiger partial charge in [-0.1, -0.05) is 0 Å². The molecule has 1 aromatic carbocycles. The van der Waals surface area contributed by atoms with Crippen molar-refractivity contribution in [3.63, 3.8) is 0 Å². The zero-order valence-electron chi connectivity index (χ0n) is 12.0. The molecule has 0 amide bonds. The number of methoxy groups -OCH3 is 2. The minimum absolute atomic E-state index is 0.546. The van der Waals surface area contributed by atoms with Crippen molar-refractivity contribution in [1.29, 1.82) is 0 Å². The second-order valence-electron chi connectivity index (χ2n) is 4.45. The van der Waals surface area contributed by atoms with Gasteiger partial charge in [0.05, 0.1) is 19.9 Å². The predicted octanol–water partition coefficient (Wildman–Crippen LogP) is 2.19. The van der Waals surface area contributed by atoms with E-state index < -0.39 is 0 Å². The van der Waals surface area contributed by atoms with Crippen LogP contribution in [0.2, 0.25) is 0 Å². The van der Waals surface area contributed by atoms with E-state index in [0.717, 1.165) is 22.9 Å². The number of benzene rings is 1. The van der Waals surface area contributed by atoms with Gasteiger partial charge in [0.25, 0.3) is 5.78 Å². The Morgan fingerprint density at radius 2 is 2.00 bits per heavy atom. The number of ether oxygens (including phenoxy) is 2. The Kier molecular flexibility index (Phi) is 3.31. The standard InChI is InChI=1S/C14H15N5O2/c1-9-6-13(19-14(17-9)15-8-16-19)18-11-5-4-10(20-2)7-12(11)21-3/h4-8,18H,1-3H3. The molecule has 3 rings (SSSR count). The van der Waals surface area contributed by atoms with Gasteiger partial charge in [0.2, 0.25) is 0 Å². The van der Waals surface area contributed by atoms with Gasteiger partial charge < -0.3 is 14.8 Å². The van der Waals surface area contributed by atoms with E-state index in [2.05, 4.69) is 20.4 Å². The molecule has 7 nitrogen and oxygen atoms in total. The van der Waals surface area contributed by atoms with Gasteiger partial charge in [0.1, 0.15) is 23.6 Å². The van der Waals surface area contributed by atoms with Crippen LogP contribution in [-0.2, 0) is 0 Å². The van der Waals surface area contributed by atoms with Gasteiger partial charge in [-0.15, -0.1) is 0 Å². The van der Waals surface area contributed by atoms with Gasteiger partial charge in [-0.25, -0.2) is 4.98 Å². The Morgan fingerprint density at radius 1 is 1.14 bits per heavy atom. The van der Waals surface area contributed by atoms with Crippen molar-refractivity contribution >= 4 is 17.3 Å². The van der Waals surface area contributed by atoms with Crippen molar-refractivity contribution < 1.29 is 9.47 Å². The van der Waals surface area contributed by atoms with E-state index in [1.54, 1.807) is 18.7 Å². The average Bonchev–Trinajstić information content (AvgIpc) is 2.96. The first kappa shape index (κ1) is 13.2. The summed E-state index contributed by atoms with van der Waals surface area (Å²) in [6, 6.07) is 7.45. The molecule has 3 aromatic rings. The summed E-state index contributed by atoms with van der Waals surface area (Å²) >= 11 is 0. The van der Waals surface area contributed by atoms with Crippen molar-refractivity contribution in [3.8, 4) is 11.5 Å². The van der Waals surface area contributed by atoms with Gasteiger partial charge in [0, 0.05) is 17.8 Å². The Hall–Kier alpha value is -2.83. The molecule has 2 aromatic heterocycles. The third-order valence-electron chi connectivity index (χ3n) is 3.05. The highest BCUT2D eigenvalue weighted by atomic mass is 16.5. The normalized spacial score (nSPS) is 10.6. The number of hydrogen-bond donors (Lipinski definition) is 1. The molecule has 0 radical (unpaired) electrons. The topological polar surface area (TPSA) is 73.6 Å². The number of hydrogen-bond acceptors (Lipinski definition) is 6. The molecular weight excluding hydrogens is 270 g/mol. The Balaban J connectivity index is 2.04. The molecule has 0 bridgehead atoms. The predicted molar refractivity (Wildman–Crippen MR) is 78.3 cm³/mol. The third kappa shape index (κ3) is 2.45. The highest BCUT2D eigenvalue weighted by Crippen LogP contribution is 2.31. The molecule has 0 aliphatic carbocycles. The lowest BCUT2D eigenvalue weighted by Crippen LogP contribution is -2.03. The summed E-state index contributed by atoms with van der Waals surface area (Å²) in [5.41, 5.74) is 1.66. The van der Waals surface area contributed by atoms with Crippen molar-refractivity contribution in [3.05, 3.63) is 36.3 Å². The van der Waals surface area contributed by atoms with Crippen LogP contribution in [0.4, 0.5) is 11.5 Å².